The second-order valence-electron chi connectivity index (χ2n) is 2.40. The summed E-state index contributed by atoms with van der Waals surface area (Å²) in [4.78, 5) is 3.30. The van der Waals surface area contributed by atoms with E-state index >= 15 is 0 Å². The second-order valence-corrected chi connectivity index (χ2v) is 2.40. The topological polar surface area (TPSA) is 36.7 Å². The van der Waals surface area contributed by atoms with E-state index in [-0.39, 0.29) is 11.3 Å². The van der Waals surface area contributed by atoms with Gasteiger partial charge in [-0.1, -0.05) is 0 Å². The Kier molecular flexibility index (Phi) is 2.52. The highest BCUT2D eigenvalue weighted by molar-refractivity contribution is 5.34. The molecular weight excluding hydrogens is 181 g/mol. The Bertz CT molecular complexity index is 368. The number of aromatic nitrogens is 1. The van der Waals surface area contributed by atoms with Crippen molar-refractivity contribution in [3.05, 3.63) is 28.8 Å². The summed E-state index contributed by atoms with van der Waals surface area (Å²) in [5.74, 6) is -1.14. The third-order valence-corrected chi connectivity index (χ3v) is 1.52. The maximum atomic E-state index is 12.8. The van der Waals surface area contributed by atoms with Gasteiger partial charge in [-0.05, 0) is 13.0 Å². The smallest absolute Gasteiger partial charge is 0.248 e. The molecule has 1 aromatic heterocycles. The Morgan fingerprint density at radius 1 is 1.54 bits per heavy atom. The van der Waals surface area contributed by atoms with E-state index in [4.69, 9.17) is 5.26 Å². The van der Waals surface area contributed by atoms with Gasteiger partial charge in [0.25, 0.3) is 6.43 Å². The van der Waals surface area contributed by atoms with Crippen LogP contribution in [0.1, 0.15) is 23.4 Å². The maximum absolute atomic E-state index is 12.8. The van der Waals surface area contributed by atoms with Gasteiger partial charge in [0.2, 0.25) is 0 Å². The highest BCUT2D eigenvalue weighted by atomic mass is 19.3. The lowest BCUT2D eigenvalue weighted by Gasteiger charge is -2.03. The predicted molar refractivity (Wildman–Crippen MR) is 38.6 cm³/mol. The summed E-state index contributed by atoms with van der Waals surface area (Å²) in [6.45, 7) is 1.38. The minimum Gasteiger partial charge on any atom is -0.248 e. The van der Waals surface area contributed by atoms with Gasteiger partial charge >= 0.3 is 0 Å². The molecule has 0 spiro atoms. The number of rotatable bonds is 1. The van der Waals surface area contributed by atoms with Crippen molar-refractivity contribution in [2.75, 3.05) is 0 Å². The van der Waals surface area contributed by atoms with E-state index in [0.717, 1.165) is 6.07 Å². The number of nitriles is 1. The number of pyridine rings is 1. The van der Waals surface area contributed by atoms with Crippen LogP contribution in [0.4, 0.5) is 13.2 Å². The van der Waals surface area contributed by atoms with Crippen LogP contribution in [0.5, 0.6) is 0 Å². The van der Waals surface area contributed by atoms with Crippen LogP contribution in [0, 0.1) is 24.1 Å². The molecule has 0 amide bonds. The van der Waals surface area contributed by atoms with Crippen LogP contribution in [0.3, 0.4) is 0 Å². The second kappa shape index (κ2) is 3.44. The quantitative estimate of drug-likeness (QED) is 0.674. The van der Waals surface area contributed by atoms with Crippen molar-refractivity contribution in [3.63, 3.8) is 0 Å². The van der Waals surface area contributed by atoms with Gasteiger partial charge in [0.15, 0.2) is 5.82 Å². The van der Waals surface area contributed by atoms with E-state index < -0.39 is 17.9 Å². The van der Waals surface area contributed by atoms with E-state index in [2.05, 4.69) is 4.98 Å². The molecular formula is C8H5F3N2. The molecule has 0 aliphatic carbocycles. The van der Waals surface area contributed by atoms with Gasteiger partial charge in [0.1, 0.15) is 11.8 Å². The van der Waals surface area contributed by atoms with Crippen molar-refractivity contribution >= 4 is 0 Å². The van der Waals surface area contributed by atoms with Gasteiger partial charge in [0, 0.05) is 0 Å². The van der Waals surface area contributed by atoms with Crippen LogP contribution < -0.4 is 0 Å². The molecule has 68 valence electrons. The number of nitrogens with zero attached hydrogens (tertiary/aromatic N) is 2. The summed E-state index contributed by atoms with van der Waals surface area (Å²) in [5, 5.41) is 8.43. The van der Waals surface area contributed by atoms with Gasteiger partial charge in [0.05, 0.1) is 11.3 Å². The van der Waals surface area contributed by atoms with Crippen LogP contribution in [-0.4, -0.2) is 4.98 Å². The fraction of sp³-hybridized carbons (Fsp3) is 0.250. The Morgan fingerprint density at radius 2 is 2.15 bits per heavy atom. The zero-order valence-electron chi connectivity index (χ0n) is 6.68. The molecule has 0 saturated heterocycles. The number of halogens is 3. The average Bonchev–Trinajstić information content (AvgIpc) is 2.07. The standard InChI is InChI=1S/C8H5F3N2/c1-4-5(3-12)2-6(9)7(13-4)8(10)11/h2,8H,1H3. The third-order valence-electron chi connectivity index (χ3n) is 1.52. The zero-order valence-corrected chi connectivity index (χ0v) is 6.68. The monoisotopic (exact) mass is 186 g/mol. The normalized spacial score (nSPS) is 10.2. The minimum atomic E-state index is -2.95. The SMILES string of the molecule is Cc1nc(C(F)F)c(F)cc1C#N. The Morgan fingerprint density at radius 3 is 2.62 bits per heavy atom. The van der Waals surface area contributed by atoms with Gasteiger partial charge in [-0.2, -0.15) is 5.26 Å². The molecule has 13 heavy (non-hydrogen) atoms. The van der Waals surface area contributed by atoms with Gasteiger partial charge in [-0.15, -0.1) is 0 Å². The van der Waals surface area contributed by atoms with Crippen LogP contribution >= 0.6 is 0 Å². The molecule has 2 nitrogen and oxygen atoms in total. The molecule has 0 aromatic carbocycles. The molecule has 0 unspecified atom stereocenters. The molecule has 5 heteroatoms. The average molecular weight is 186 g/mol. The Labute approximate surface area is 72.6 Å². The summed E-state index contributed by atoms with van der Waals surface area (Å²) in [5.41, 5.74) is -0.822. The van der Waals surface area contributed by atoms with Gasteiger partial charge < -0.3 is 0 Å². The van der Waals surface area contributed by atoms with Crippen molar-refractivity contribution in [1.29, 1.82) is 5.26 Å². The van der Waals surface area contributed by atoms with Gasteiger partial charge in [-0.3, -0.25) is 0 Å². The fourth-order valence-corrected chi connectivity index (χ4v) is 0.866. The molecule has 0 radical (unpaired) electrons. The van der Waals surface area contributed by atoms with Gasteiger partial charge in [-0.25, -0.2) is 18.2 Å². The summed E-state index contributed by atoms with van der Waals surface area (Å²) in [6.07, 6.45) is -2.95. The lowest BCUT2D eigenvalue weighted by molar-refractivity contribution is 0.140. The first-order valence-electron chi connectivity index (χ1n) is 3.41. The van der Waals surface area contributed by atoms with Crippen molar-refractivity contribution in [2.24, 2.45) is 0 Å². The first-order valence-corrected chi connectivity index (χ1v) is 3.41. The van der Waals surface area contributed by atoms with E-state index in [1.807, 2.05) is 0 Å². The van der Waals surface area contributed by atoms with Crippen LogP contribution in [0.25, 0.3) is 0 Å². The molecule has 0 saturated carbocycles. The van der Waals surface area contributed by atoms with Crippen molar-refractivity contribution < 1.29 is 13.2 Å². The first-order chi connectivity index (χ1) is 6.06. The summed E-state index contributed by atoms with van der Waals surface area (Å²) < 4.78 is 36.9. The van der Waals surface area contributed by atoms with Crippen LogP contribution in [0.2, 0.25) is 0 Å². The van der Waals surface area contributed by atoms with Crippen LogP contribution in [-0.2, 0) is 0 Å². The lowest BCUT2D eigenvalue weighted by Crippen LogP contribution is -2.00. The minimum absolute atomic E-state index is 0.0260. The van der Waals surface area contributed by atoms with E-state index in [0.29, 0.717) is 0 Å². The molecule has 0 bridgehead atoms. The zero-order chi connectivity index (χ0) is 10.0. The summed E-state index contributed by atoms with van der Waals surface area (Å²) >= 11 is 0. The maximum Gasteiger partial charge on any atom is 0.283 e. The van der Waals surface area contributed by atoms with E-state index in [1.54, 1.807) is 6.07 Å². The molecule has 0 fully saturated rings. The third kappa shape index (κ3) is 1.78. The van der Waals surface area contributed by atoms with Crippen molar-refractivity contribution in [2.45, 2.75) is 13.3 Å². The van der Waals surface area contributed by atoms with Crippen molar-refractivity contribution in [1.82, 2.24) is 4.98 Å². The largest absolute Gasteiger partial charge is 0.283 e. The Hall–Kier alpha value is -1.57. The summed E-state index contributed by atoms with van der Waals surface area (Å²) in [7, 11) is 0. The first kappa shape index (κ1) is 9.52. The van der Waals surface area contributed by atoms with Crippen LogP contribution in [0.15, 0.2) is 6.07 Å². The molecule has 1 heterocycles. The Balaban J connectivity index is 3.31. The number of aryl methyl sites for hydroxylation is 1. The summed E-state index contributed by atoms with van der Waals surface area (Å²) in [6, 6.07) is 2.42. The highest BCUT2D eigenvalue weighted by Crippen LogP contribution is 2.21. The predicted octanol–water partition coefficient (Wildman–Crippen LogP) is 2.34. The molecule has 0 aliphatic rings. The number of hydrogen-bond acceptors (Lipinski definition) is 2. The molecule has 1 rings (SSSR count). The highest BCUT2D eigenvalue weighted by Gasteiger charge is 2.17. The van der Waals surface area contributed by atoms with Crippen molar-refractivity contribution in [3.8, 4) is 6.07 Å². The van der Waals surface area contributed by atoms with E-state index in [1.165, 1.54) is 6.92 Å². The molecule has 0 aliphatic heterocycles. The molecule has 0 N–H and O–H groups in total. The number of hydrogen-bond donors (Lipinski definition) is 0. The molecule has 0 atom stereocenters. The fourth-order valence-electron chi connectivity index (χ4n) is 0.866. The van der Waals surface area contributed by atoms with E-state index in [9.17, 15) is 13.2 Å². The number of alkyl halides is 2. The lowest BCUT2D eigenvalue weighted by atomic mass is 10.2. The molecule has 1 aromatic rings.